The summed E-state index contributed by atoms with van der Waals surface area (Å²) >= 11 is 1.49. The summed E-state index contributed by atoms with van der Waals surface area (Å²) in [5, 5.41) is 14.2. The minimum absolute atomic E-state index is 0.121. The van der Waals surface area contributed by atoms with Gasteiger partial charge in [-0.2, -0.15) is 0 Å². The van der Waals surface area contributed by atoms with E-state index in [-0.39, 0.29) is 16.8 Å². The van der Waals surface area contributed by atoms with E-state index in [2.05, 4.69) is 0 Å². The van der Waals surface area contributed by atoms with Gasteiger partial charge >= 0.3 is 0 Å². The van der Waals surface area contributed by atoms with Gasteiger partial charge in [0.25, 0.3) is 6.04 Å². The SMILES string of the molecule is O=[N+]([O-])[C@H]1[C@H](c2ccccc2)[C@H]2Cc3ccccc3O[C@H]2O[C@@H]1c1cccs1. The van der Waals surface area contributed by atoms with Crippen LogP contribution < -0.4 is 4.74 Å². The molecule has 0 saturated carbocycles. The van der Waals surface area contributed by atoms with E-state index < -0.39 is 18.4 Å². The van der Waals surface area contributed by atoms with Gasteiger partial charge in [0.05, 0.1) is 5.92 Å². The summed E-state index contributed by atoms with van der Waals surface area (Å²) in [6.45, 7) is 0. The molecule has 5 nitrogen and oxygen atoms in total. The van der Waals surface area contributed by atoms with Crippen LogP contribution in [0.15, 0.2) is 72.1 Å². The molecule has 2 aliphatic rings. The van der Waals surface area contributed by atoms with Crippen LogP contribution in [0.1, 0.15) is 28.0 Å². The highest BCUT2D eigenvalue weighted by molar-refractivity contribution is 7.10. The Kier molecular flexibility index (Phi) is 4.37. The quantitative estimate of drug-likeness (QED) is 0.472. The molecule has 0 aliphatic carbocycles. The highest BCUT2D eigenvalue weighted by Gasteiger charge is 2.55. The van der Waals surface area contributed by atoms with E-state index in [4.69, 9.17) is 9.47 Å². The molecule has 142 valence electrons. The van der Waals surface area contributed by atoms with Gasteiger partial charge in [0.1, 0.15) is 5.75 Å². The van der Waals surface area contributed by atoms with Gasteiger partial charge in [-0.05, 0) is 35.1 Å². The van der Waals surface area contributed by atoms with Crippen molar-refractivity contribution in [2.24, 2.45) is 5.92 Å². The van der Waals surface area contributed by atoms with Crippen LogP contribution in [0.25, 0.3) is 0 Å². The Bertz CT molecular complexity index is 975. The lowest BCUT2D eigenvalue weighted by molar-refractivity contribution is -0.554. The molecule has 2 aliphatic heterocycles. The fraction of sp³-hybridized carbons (Fsp3) is 0.273. The topological polar surface area (TPSA) is 61.6 Å². The van der Waals surface area contributed by atoms with Crippen molar-refractivity contribution in [3.8, 4) is 5.75 Å². The number of hydrogen-bond donors (Lipinski definition) is 0. The smallest absolute Gasteiger partial charge is 0.251 e. The van der Waals surface area contributed by atoms with Crippen LogP contribution >= 0.6 is 11.3 Å². The molecule has 28 heavy (non-hydrogen) atoms. The number of para-hydroxylation sites is 1. The summed E-state index contributed by atoms with van der Waals surface area (Å²) in [5.74, 6) is 0.388. The largest absolute Gasteiger partial charge is 0.464 e. The highest BCUT2D eigenvalue weighted by atomic mass is 32.1. The minimum atomic E-state index is -0.865. The lowest BCUT2D eigenvalue weighted by Gasteiger charge is -2.45. The van der Waals surface area contributed by atoms with E-state index in [9.17, 15) is 10.1 Å². The van der Waals surface area contributed by atoms with Crippen molar-refractivity contribution < 1.29 is 14.4 Å². The Morgan fingerprint density at radius 2 is 1.79 bits per heavy atom. The minimum Gasteiger partial charge on any atom is -0.464 e. The first-order chi connectivity index (χ1) is 13.7. The Morgan fingerprint density at radius 3 is 2.54 bits per heavy atom. The van der Waals surface area contributed by atoms with Gasteiger partial charge in [-0.3, -0.25) is 10.1 Å². The maximum Gasteiger partial charge on any atom is 0.251 e. The number of nitro groups is 1. The van der Waals surface area contributed by atoms with Crippen LogP contribution in [0.2, 0.25) is 0 Å². The number of thiophene rings is 1. The Balaban J connectivity index is 1.63. The molecule has 3 heterocycles. The van der Waals surface area contributed by atoms with Crippen molar-refractivity contribution >= 4 is 11.3 Å². The second-order valence-corrected chi connectivity index (χ2v) is 8.23. The molecule has 2 aromatic carbocycles. The molecule has 0 bridgehead atoms. The zero-order valence-corrected chi connectivity index (χ0v) is 15.8. The first kappa shape index (κ1) is 17.4. The van der Waals surface area contributed by atoms with Gasteiger partial charge in [-0.25, -0.2) is 0 Å². The second-order valence-electron chi connectivity index (χ2n) is 7.25. The average Bonchev–Trinajstić information content (AvgIpc) is 3.26. The van der Waals surface area contributed by atoms with Crippen LogP contribution in [-0.4, -0.2) is 17.3 Å². The normalized spacial score (nSPS) is 28.6. The molecular weight excluding hydrogens is 374 g/mol. The predicted octanol–water partition coefficient (Wildman–Crippen LogP) is 4.83. The van der Waals surface area contributed by atoms with Crippen molar-refractivity contribution in [3.63, 3.8) is 0 Å². The van der Waals surface area contributed by atoms with Crippen molar-refractivity contribution in [2.45, 2.75) is 30.8 Å². The van der Waals surface area contributed by atoms with Crippen molar-refractivity contribution in [3.05, 3.63) is 98.2 Å². The summed E-state index contributed by atoms with van der Waals surface area (Å²) in [7, 11) is 0. The molecule has 5 atom stereocenters. The number of fused-ring (bicyclic) bond motifs is 2. The Labute approximate surface area is 166 Å². The van der Waals surface area contributed by atoms with Gasteiger partial charge in [0, 0.05) is 15.7 Å². The predicted molar refractivity (Wildman–Crippen MR) is 106 cm³/mol. The van der Waals surface area contributed by atoms with Crippen molar-refractivity contribution in [2.75, 3.05) is 0 Å². The highest BCUT2D eigenvalue weighted by Crippen LogP contribution is 2.50. The zero-order chi connectivity index (χ0) is 19.1. The Hall–Kier alpha value is -2.70. The van der Waals surface area contributed by atoms with E-state index in [1.807, 2.05) is 72.1 Å². The maximum absolute atomic E-state index is 12.3. The van der Waals surface area contributed by atoms with Gasteiger partial charge in [-0.1, -0.05) is 54.6 Å². The van der Waals surface area contributed by atoms with E-state index >= 15 is 0 Å². The van der Waals surface area contributed by atoms with Gasteiger partial charge in [0.2, 0.25) is 6.29 Å². The van der Waals surface area contributed by atoms with E-state index in [0.29, 0.717) is 6.42 Å². The Morgan fingerprint density at radius 1 is 1.00 bits per heavy atom. The molecule has 1 fully saturated rings. The first-order valence-electron chi connectivity index (χ1n) is 9.34. The first-order valence-corrected chi connectivity index (χ1v) is 10.2. The fourth-order valence-electron chi connectivity index (χ4n) is 4.49. The fourth-order valence-corrected chi connectivity index (χ4v) is 5.29. The van der Waals surface area contributed by atoms with Gasteiger partial charge < -0.3 is 9.47 Å². The molecule has 0 N–H and O–H groups in total. The molecule has 0 unspecified atom stereocenters. The van der Waals surface area contributed by atoms with E-state index in [1.54, 1.807) is 0 Å². The lowest BCUT2D eigenvalue weighted by atomic mass is 9.72. The third kappa shape index (κ3) is 2.89. The molecule has 3 aromatic rings. The number of rotatable bonds is 3. The van der Waals surface area contributed by atoms with Gasteiger partial charge in [0.15, 0.2) is 6.10 Å². The van der Waals surface area contributed by atoms with Gasteiger partial charge in [-0.15, -0.1) is 11.3 Å². The van der Waals surface area contributed by atoms with Crippen LogP contribution in [0.4, 0.5) is 0 Å². The molecule has 6 heteroatoms. The van der Waals surface area contributed by atoms with Crippen LogP contribution in [0.5, 0.6) is 5.75 Å². The number of nitrogens with zero attached hydrogens (tertiary/aromatic N) is 1. The number of ether oxygens (including phenoxy) is 2. The van der Waals surface area contributed by atoms with E-state index in [1.165, 1.54) is 11.3 Å². The summed E-state index contributed by atoms with van der Waals surface area (Å²) in [6.07, 6.45) is -0.447. The van der Waals surface area contributed by atoms with Crippen LogP contribution in [0, 0.1) is 16.0 Å². The van der Waals surface area contributed by atoms with Crippen LogP contribution in [0.3, 0.4) is 0 Å². The molecule has 1 aromatic heterocycles. The van der Waals surface area contributed by atoms with Crippen molar-refractivity contribution in [1.82, 2.24) is 0 Å². The zero-order valence-electron chi connectivity index (χ0n) is 15.0. The molecule has 0 spiro atoms. The third-order valence-corrected chi connectivity index (χ3v) is 6.63. The molecule has 0 amide bonds. The van der Waals surface area contributed by atoms with Crippen molar-refractivity contribution in [1.29, 1.82) is 0 Å². The maximum atomic E-state index is 12.3. The third-order valence-electron chi connectivity index (χ3n) is 5.69. The average molecular weight is 393 g/mol. The number of benzene rings is 2. The summed E-state index contributed by atoms with van der Waals surface area (Å²) in [5.41, 5.74) is 2.04. The van der Waals surface area contributed by atoms with E-state index in [0.717, 1.165) is 21.8 Å². The lowest BCUT2D eigenvalue weighted by Crippen LogP contribution is -2.52. The monoisotopic (exact) mass is 393 g/mol. The number of hydrogen-bond acceptors (Lipinski definition) is 5. The summed E-state index contributed by atoms with van der Waals surface area (Å²) < 4.78 is 12.5. The molecule has 1 saturated heterocycles. The summed E-state index contributed by atoms with van der Waals surface area (Å²) in [6, 6.07) is 20.6. The second kappa shape index (κ2) is 7.04. The molecule has 0 radical (unpaired) electrons. The summed E-state index contributed by atoms with van der Waals surface area (Å²) in [4.78, 5) is 12.9. The molecular formula is C22H19NO4S. The molecule has 5 rings (SSSR count). The standard InChI is InChI=1S/C22H19NO4S/c24-23(25)20-19(14-7-2-1-3-8-14)16-13-15-9-4-5-10-17(15)26-22(16)27-21(20)18-11-6-12-28-18/h1-12,16,19-22H,13H2/t16-,19-,20+,21-,22+/m1/s1. The van der Waals surface area contributed by atoms with Crippen LogP contribution in [-0.2, 0) is 11.2 Å².